The highest BCUT2D eigenvalue weighted by Gasteiger charge is 2.14. The van der Waals surface area contributed by atoms with Gasteiger partial charge in [0.05, 0.1) is 25.6 Å². The number of carbonyl (C=O) groups is 1. The number of rotatable bonds is 7. The van der Waals surface area contributed by atoms with Crippen molar-refractivity contribution in [3.05, 3.63) is 76.1 Å². The lowest BCUT2D eigenvalue weighted by Crippen LogP contribution is -2.25. The molecule has 3 rings (SSSR count). The number of methoxy groups -OCH3 is 1. The summed E-state index contributed by atoms with van der Waals surface area (Å²) in [4.78, 5) is 12.0. The first-order valence-electron chi connectivity index (χ1n) is 9.54. The Morgan fingerprint density at radius 2 is 1.87 bits per heavy atom. The summed E-state index contributed by atoms with van der Waals surface area (Å²) < 4.78 is 7.53. The fraction of sp³-hybridized carbons (Fsp3) is 0.217. The number of hydrogen-bond donors (Lipinski definition) is 2. The van der Waals surface area contributed by atoms with Crippen molar-refractivity contribution in [3.8, 4) is 11.4 Å². The molecule has 0 atom stereocenters. The van der Waals surface area contributed by atoms with E-state index < -0.39 is 0 Å². The zero-order valence-electron chi connectivity index (χ0n) is 17.5. The number of aromatic nitrogens is 1. The van der Waals surface area contributed by atoms with Crippen molar-refractivity contribution in [2.75, 3.05) is 19.0 Å². The van der Waals surface area contributed by atoms with Crippen LogP contribution in [0.25, 0.3) is 5.69 Å². The Morgan fingerprint density at radius 3 is 2.57 bits per heavy atom. The van der Waals surface area contributed by atoms with Crippen LogP contribution in [0.3, 0.4) is 0 Å². The van der Waals surface area contributed by atoms with Crippen LogP contribution in [0, 0.1) is 20.8 Å². The van der Waals surface area contributed by atoms with Crippen LogP contribution in [0.2, 0.25) is 5.02 Å². The van der Waals surface area contributed by atoms with Gasteiger partial charge in [-0.05, 0) is 57.2 Å². The van der Waals surface area contributed by atoms with Crippen LogP contribution < -0.4 is 15.5 Å². The lowest BCUT2D eigenvalue weighted by molar-refractivity contribution is -0.119. The number of amides is 1. The first kappa shape index (κ1) is 21.5. The van der Waals surface area contributed by atoms with Crippen molar-refractivity contribution in [1.29, 1.82) is 0 Å². The molecule has 0 saturated carbocycles. The number of nitrogens with zero attached hydrogens (tertiary/aromatic N) is 2. The molecule has 2 N–H and O–H groups in total. The number of nitrogens with one attached hydrogen (secondary N) is 2. The average Bonchev–Trinajstić information content (AvgIpc) is 3.00. The van der Waals surface area contributed by atoms with Crippen LogP contribution in [-0.2, 0) is 4.79 Å². The molecule has 3 aromatic rings. The zero-order chi connectivity index (χ0) is 21.7. The fourth-order valence-corrected chi connectivity index (χ4v) is 3.36. The summed E-state index contributed by atoms with van der Waals surface area (Å²) in [6.07, 6.45) is 1.64. The number of carbonyl (C=O) groups excluding carboxylic acids is 1. The van der Waals surface area contributed by atoms with Gasteiger partial charge in [-0.25, -0.2) is 5.43 Å². The minimum Gasteiger partial charge on any atom is -0.495 e. The van der Waals surface area contributed by atoms with E-state index in [1.807, 2.05) is 67.8 Å². The van der Waals surface area contributed by atoms with Gasteiger partial charge < -0.3 is 14.6 Å². The number of hydrazone groups is 1. The van der Waals surface area contributed by atoms with Gasteiger partial charge in [0.15, 0.2) is 0 Å². The smallest absolute Gasteiger partial charge is 0.259 e. The summed E-state index contributed by atoms with van der Waals surface area (Å²) >= 11 is 6.19. The van der Waals surface area contributed by atoms with Crippen LogP contribution in [0.4, 0.5) is 5.69 Å². The number of anilines is 1. The summed E-state index contributed by atoms with van der Waals surface area (Å²) in [5.74, 6) is 0.498. The maximum Gasteiger partial charge on any atom is 0.259 e. The number of halogens is 1. The quantitative estimate of drug-likeness (QED) is 0.429. The van der Waals surface area contributed by atoms with Gasteiger partial charge in [0.2, 0.25) is 0 Å². The van der Waals surface area contributed by atoms with Crippen molar-refractivity contribution >= 4 is 29.4 Å². The van der Waals surface area contributed by atoms with Crippen molar-refractivity contribution in [2.45, 2.75) is 20.8 Å². The van der Waals surface area contributed by atoms with E-state index in [1.165, 1.54) is 5.56 Å². The van der Waals surface area contributed by atoms with Crippen molar-refractivity contribution in [3.63, 3.8) is 0 Å². The van der Waals surface area contributed by atoms with Gasteiger partial charge in [0, 0.05) is 27.7 Å². The summed E-state index contributed by atoms with van der Waals surface area (Å²) in [5, 5.41) is 7.80. The molecule has 0 saturated heterocycles. The Hall–Kier alpha value is -3.25. The number of aryl methyl sites for hydroxylation is 2. The lowest BCUT2D eigenvalue weighted by atomic mass is 10.2. The molecule has 0 unspecified atom stereocenters. The molecular formula is C23H25ClN4O2. The van der Waals surface area contributed by atoms with Crippen LogP contribution in [-0.4, -0.2) is 30.3 Å². The second-order valence-corrected chi connectivity index (χ2v) is 7.43. The molecule has 0 radical (unpaired) electrons. The minimum absolute atomic E-state index is 0.138. The molecule has 7 heteroatoms. The van der Waals surface area contributed by atoms with Gasteiger partial charge in [-0.3, -0.25) is 4.79 Å². The Balaban J connectivity index is 1.68. The second-order valence-electron chi connectivity index (χ2n) is 6.99. The van der Waals surface area contributed by atoms with Gasteiger partial charge in [-0.2, -0.15) is 5.10 Å². The predicted octanol–water partition coefficient (Wildman–Crippen LogP) is 4.63. The van der Waals surface area contributed by atoms with Gasteiger partial charge in [0.1, 0.15) is 5.75 Å². The molecule has 0 aliphatic carbocycles. The van der Waals surface area contributed by atoms with E-state index in [9.17, 15) is 4.79 Å². The average molecular weight is 425 g/mol. The number of benzene rings is 2. The van der Waals surface area contributed by atoms with E-state index in [0.717, 1.165) is 34.1 Å². The highest BCUT2D eigenvalue weighted by Crippen LogP contribution is 2.30. The largest absolute Gasteiger partial charge is 0.495 e. The SMILES string of the molecule is COc1ccc(Cl)cc1-n1c(C)cc(/C=N\NC(=O)CNc2ccc(C)cc2)c1C. The molecule has 0 fully saturated rings. The van der Waals surface area contributed by atoms with Gasteiger partial charge in [-0.15, -0.1) is 0 Å². The molecule has 0 aliphatic heterocycles. The molecule has 1 heterocycles. The monoisotopic (exact) mass is 424 g/mol. The third kappa shape index (κ3) is 5.02. The van der Waals surface area contributed by atoms with Crippen LogP contribution in [0.15, 0.2) is 53.6 Å². The molecule has 0 spiro atoms. The van der Waals surface area contributed by atoms with Crippen LogP contribution >= 0.6 is 11.6 Å². The van der Waals surface area contributed by atoms with E-state index in [0.29, 0.717) is 5.02 Å². The molecule has 6 nitrogen and oxygen atoms in total. The molecular weight excluding hydrogens is 400 g/mol. The van der Waals surface area contributed by atoms with Crippen molar-refractivity contribution in [1.82, 2.24) is 9.99 Å². The minimum atomic E-state index is -0.225. The van der Waals surface area contributed by atoms with E-state index in [4.69, 9.17) is 16.3 Å². The molecule has 1 aromatic heterocycles. The Kier molecular flexibility index (Phi) is 6.79. The van der Waals surface area contributed by atoms with Gasteiger partial charge in [-0.1, -0.05) is 29.3 Å². The normalized spacial score (nSPS) is 11.0. The third-order valence-corrected chi connectivity index (χ3v) is 4.98. The fourth-order valence-electron chi connectivity index (χ4n) is 3.19. The molecule has 0 aliphatic rings. The number of hydrogen-bond acceptors (Lipinski definition) is 4. The summed E-state index contributed by atoms with van der Waals surface area (Å²) in [6.45, 7) is 6.13. The van der Waals surface area contributed by atoms with Crippen molar-refractivity contribution < 1.29 is 9.53 Å². The molecule has 1 amide bonds. The Labute approximate surface area is 181 Å². The first-order chi connectivity index (χ1) is 14.4. The zero-order valence-corrected chi connectivity index (χ0v) is 18.2. The van der Waals surface area contributed by atoms with E-state index >= 15 is 0 Å². The van der Waals surface area contributed by atoms with E-state index in [2.05, 4.69) is 15.8 Å². The standard InChI is InChI=1S/C23H25ClN4O2/c1-15-5-8-20(9-6-15)25-14-23(29)27-26-13-18-11-16(2)28(17(18)3)21-12-19(24)7-10-22(21)30-4/h5-13,25H,14H2,1-4H3,(H,27,29)/b26-13-. The summed E-state index contributed by atoms with van der Waals surface area (Å²) in [7, 11) is 1.63. The molecule has 156 valence electrons. The highest BCUT2D eigenvalue weighted by atomic mass is 35.5. The predicted molar refractivity (Wildman–Crippen MR) is 122 cm³/mol. The van der Waals surface area contributed by atoms with Crippen LogP contribution in [0.1, 0.15) is 22.5 Å². The van der Waals surface area contributed by atoms with Gasteiger partial charge in [0.25, 0.3) is 5.91 Å². The highest BCUT2D eigenvalue weighted by molar-refractivity contribution is 6.30. The van der Waals surface area contributed by atoms with Crippen molar-refractivity contribution in [2.24, 2.45) is 5.10 Å². The summed E-state index contributed by atoms with van der Waals surface area (Å²) in [6, 6.07) is 15.3. The topological polar surface area (TPSA) is 67.6 Å². The summed E-state index contributed by atoms with van der Waals surface area (Å²) in [5.41, 5.74) is 8.32. The second kappa shape index (κ2) is 9.50. The van der Waals surface area contributed by atoms with Crippen LogP contribution in [0.5, 0.6) is 5.75 Å². The Morgan fingerprint density at radius 1 is 1.13 bits per heavy atom. The maximum atomic E-state index is 12.0. The third-order valence-electron chi connectivity index (χ3n) is 4.75. The Bertz CT molecular complexity index is 1070. The first-order valence-corrected chi connectivity index (χ1v) is 9.92. The lowest BCUT2D eigenvalue weighted by Gasteiger charge is -2.14. The number of ether oxygens (including phenoxy) is 1. The maximum absolute atomic E-state index is 12.0. The van der Waals surface area contributed by atoms with E-state index in [1.54, 1.807) is 19.4 Å². The van der Waals surface area contributed by atoms with E-state index in [-0.39, 0.29) is 12.5 Å². The molecule has 2 aromatic carbocycles. The molecule has 30 heavy (non-hydrogen) atoms. The molecule has 0 bridgehead atoms. The van der Waals surface area contributed by atoms with Gasteiger partial charge >= 0.3 is 0 Å².